The standard InChI is InChI=1S/C3H5F3N2O/c4-3(5,6)2(9)1-8-7/h2,7,9H,1H2. The van der Waals surface area contributed by atoms with Gasteiger partial charge in [-0.15, -0.1) is 0 Å². The Balaban J connectivity index is 3.72. The first-order chi connectivity index (χ1) is 3.98. The lowest BCUT2D eigenvalue weighted by molar-refractivity contribution is -0.200. The molecular formula is C3H5F3N2O. The average Bonchev–Trinajstić information content (AvgIpc) is 1.64. The van der Waals surface area contributed by atoms with Crippen molar-refractivity contribution in [3.63, 3.8) is 0 Å². The first kappa shape index (κ1) is 8.35. The molecule has 9 heavy (non-hydrogen) atoms. The highest BCUT2D eigenvalue weighted by molar-refractivity contribution is 4.65. The van der Waals surface area contributed by atoms with Gasteiger partial charge in [0.05, 0.1) is 6.54 Å². The van der Waals surface area contributed by atoms with Crippen molar-refractivity contribution in [2.24, 2.45) is 5.11 Å². The highest BCUT2D eigenvalue weighted by atomic mass is 19.4. The third-order valence-electron chi connectivity index (χ3n) is 0.642. The van der Waals surface area contributed by atoms with Gasteiger partial charge in [-0.1, -0.05) is 0 Å². The second kappa shape index (κ2) is 2.77. The van der Waals surface area contributed by atoms with Crippen LogP contribution in [0.25, 0.3) is 0 Å². The Labute approximate surface area is 49.0 Å². The van der Waals surface area contributed by atoms with E-state index in [1.807, 2.05) is 0 Å². The minimum absolute atomic E-state index is 0.913. The van der Waals surface area contributed by atoms with Crippen molar-refractivity contribution < 1.29 is 18.3 Å². The van der Waals surface area contributed by atoms with Crippen molar-refractivity contribution in [2.45, 2.75) is 12.3 Å². The molecule has 0 aromatic carbocycles. The first-order valence-corrected chi connectivity index (χ1v) is 2.06. The predicted octanol–water partition coefficient (Wildman–Crippen LogP) is 0.941. The van der Waals surface area contributed by atoms with Crippen LogP contribution in [-0.4, -0.2) is 23.9 Å². The van der Waals surface area contributed by atoms with Crippen molar-refractivity contribution in [1.82, 2.24) is 0 Å². The Hall–Kier alpha value is -0.650. The molecule has 0 fully saturated rings. The van der Waals surface area contributed by atoms with Crippen molar-refractivity contribution in [1.29, 1.82) is 5.53 Å². The van der Waals surface area contributed by atoms with Gasteiger partial charge in [-0.2, -0.15) is 18.3 Å². The minimum atomic E-state index is -4.65. The quantitative estimate of drug-likeness (QED) is 0.554. The summed E-state index contributed by atoms with van der Waals surface area (Å²) in [4.78, 5) is 0. The third kappa shape index (κ3) is 3.02. The molecule has 0 radical (unpaired) electrons. The summed E-state index contributed by atoms with van der Waals surface area (Å²) in [6.45, 7) is -0.913. The summed E-state index contributed by atoms with van der Waals surface area (Å²) in [7, 11) is 0. The first-order valence-electron chi connectivity index (χ1n) is 2.06. The Bertz CT molecular complexity index is 102. The zero-order valence-electron chi connectivity index (χ0n) is 4.31. The zero-order valence-corrected chi connectivity index (χ0v) is 4.31. The van der Waals surface area contributed by atoms with Crippen LogP contribution >= 0.6 is 0 Å². The molecule has 0 aliphatic carbocycles. The van der Waals surface area contributed by atoms with Gasteiger partial charge in [-0.05, 0) is 0 Å². The van der Waals surface area contributed by atoms with E-state index in [4.69, 9.17) is 10.6 Å². The molecule has 3 nitrogen and oxygen atoms in total. The van der Waals surface area contributed by atoms with Gasteiger partial charge < -0.3 is 5.11 Å². The van der Waals surface area contributed by atoms with E-state index in [9.17, 15) is 13.2 Å². The van der Waals surface area contributed by atoms with E-state index in [0.717, 1.165) is 0 Å². The van der Waals surface area contributed by atoms with Crippen LogP contribution < -0.4 is 0 Å². The second-order valence-corrected chi connectivity index (χ2v) is 1.40. The van der Waals surface area contributed by atoms with Crippen LogP contribution in [-0.2, 0) is 0 Å². The molecule has 0 aliphatic heterocycles. The molecule has 2 N–H and O–H groups in total. The molecule has 0 aliphatic rings. The molecule has 0 aromatic heterocycles. The highest BCUT2D eigenvalue weighted by Gasteiger charge is 2.37. The Morgan fingerprint density at radius 3 is 2.11 bits per heavy atom. The van der Waals surface area contributed by atoms with E-state index >= 15 is 0 Å². The van der Waals surface area contributed by atoms with Crippen LogP contribution in [0.2, 0.25) is 0 Å². The van der Waals surface area contributed by atoms with Gasteiger partial charge in [0.25, 0.3) is 0 Å². The van der Waals surface area contributed by atoms with Crippen LogP contribution in [0.4, 0.5) is 13.2 Å². The van der Waals surface area contributed by atoms with Gasteiger partial charge in [0, 0.05) is 0 Å². The summed E-state index contributed by atoms with van der Waals surface area (Å²) >= 11 is 0. The number of aliphatic hydroxyl groups is 1. The molecule has 6 heteroatoms. The minimum Gasteiger partial charge on any atom is -0.382 e. The molecule has 0 saturated carbocycles. The number of hydrogen-bond donors (Lipinski definition) is 2. The van der Waals surface area contributed by atoms with E-state index in [1.54, 1.807) is 0 Å². The Kier molecular flexibility index (Phi) is 2.57. The zero-order chi connectivity index (χ0) is 7.49. The summed E-state index contributed by atoms with van der Waals surface area (Å²) in [6, 6.07) is 0. The molecule has 1 atom stereocenters. The number of nitrogens with one attached hydrogen (secondary N) is 1. The SMILES string of the molecule is N=NCC(O)C(F)(F)F. The van der Waals surface area contributed by atoms with E-state index in [0.29, 0.717) is 0 Å². The molecule has 0 heterocycles. The highest BCUT2D eigenvalue weighted by Crippen LogP contribution is 2.19. The predicted molar refractivity (Wildman–Crippen MR) is 22.1 cm³/mol. The lowest BCUT2D eigenvalue weighted by Gasteiger charge is -2.09. The molecule has 0 amide bonds. The maximum Gasteiger partial charge on any atom is 0.416 e. The van der Waals surface area contributed by atoms with E-state index in [-0.39, 0.29) is 0 Å². The Morgan fingerprint density at radius 2 is 2.00 bits per heavy atom. The molecule has 0 saturated heterocycles. The van der Waals surface area contributed by atoms with Gasteiger partial charge in [0.1, 0.15) is 0 Å². The molecule has 0 aromatic rings. The van der Waals surface area contributed by atoms with Crippen LogP contribution in [0.1, 0.15) is 0 Å². The van der Waals surface area contributed by atoms with Crippen molar-refractivity contribution in [2.75, 3.05) is 6.54 Å². The van der Waals surface area contributed by atoms with Crippen LogP contribution in [0.5, 0.6) is 0 Å². The van der Waals surface area contributed by atoms with Crippen molar-refractivity contribution in [3.05, 3.63) is 0 Å². The fourth-order valence-corrected chi connectivity index (χ4v) is 0.190. The smallest absolute Gasteiger partial charge is 0.382 e. The summed E-state index contributed by atoms with van der Waals surface area (Å²) < 4.78 is 33.7. The molecule has 54 valence electrons. The largest absolute Gasteiger partial charge is 0.416 e. The van der Waals surface area contributed by atoms with Gasteiger partial charge >= 0.3 is 6.18 Å². The van der Waals surface area contributed by atoms with E-state index in [2.05, 4.69) is 5.11 Å². The monoisotopic (exact) mass is 142 g/mol. The summed E-state index contributed by atoms with van der Waals surface area (Å²) in [5, 5.41) is 10.4. The van der Waals surface area contributed by atoms with Crippen LogP contribution in [0, 0.1) is 5.53 Å². The molecule has 0 rings (SSSR count). The fraction of sp³-hybridized carbons (Fsp3) is 1.00. The van der Waals surface area contributed by atoms with Gasteiger partial charge in [0.2, 0.25) is 0 Å². The molecule has 0 bridgehead atoms. The molecule has 1 unspecified atom stereocenters. The van der Waals surface area contributed by atoms with Crippen LogP contribution in [0.15, 0.2) is 5.11 Å². The normalized spacial score (nSPS) is 15.1. The van der Waals surface area contributed by atoms with Crippen LogP contribution in [0.3, 0.4) is 0 Å². The fourth-order valence-electron chi connectivity index (χ4n) is 0.190. The summed E-state index contributed by atoms with van der Waals surface area (Å²) in [5.41, 5.74) is 5.98. The number of rotatable bonds is 2. The maximum atomic E-state index is 11.2. The average molecular weight is 142 g/mol. The van der Waals surface area contributed by atoms with Crippen molar-refractivity contribution >= 4 is 0 Å². The number of nitrogens with zero attached hydrogens (tertiary/aromatic N) is 1. The van der Waals surface area contributed by atoms with Gasteiger partial charge in [0.15, 0.2) is 6.10 Å². The second-order valence-electron chi connectivity index (χ2n) is 1.40. The summed E-state index contributed by atoms with van der Waals surface area (Å²) in [6.07, 6.45) is -7.14. The van der Waals surface area contributed by atoms with E-state index < -0.39 is 18.8 Å². The number of hydrogen-bond acceptors (Lipinski definition) is 3. The summed E-state index contributed by atoms with van der Waals surface area (Å²) in [5.74, 6) is 0. The number of halogens is 3. The molecule has 0 spiro atoms. The maximum absolute atomic E-state index is 11.2. The Morgan fingerprint density at radius 1 is 1.56 bits per heavy atom. The number of alkyl halides is 3. The molecular weight excluding hydrogens is 137 g/mol. The van der Waals surface area contributed by atoms with E-state index in [1.165, 1.54) is 0 Å². The van der Waals surface area contributed by atoms with Crippen molar-refractivity contribution in [3.8, 4) is 0 Å². The topological polar surface area (TPSA) is 56.4 Å². The third-order valence-corrected chi connectivity index (χ3v) is 0.642. The van der Waals surface area contributed by atoms with Gasteiger partial charge in [-0.25, -0.2) is 5.53 Å². The lowest BCUT2D eigenvalue weighted by atomic mass is 10.3. The lowest BCUT2D eigenvalue weighted by Crippen LogP contribution is -2.30. The number of aliphatic hydroxyl groups excluding tert-OH is 1. The van der Waals surface area contributed by atoms with Gasteiger partial charge in [-0.3, -0.25) is 0 Å².